The van der Waals surface area contributed by atoms with Crippen molar-refractivity contribution in [1.82, 2.24) is 0 Å². The van der Waals surface area contributed by atoms with Crippen molar-refractivity contribution < 1.29 is 18.9 Å². The average molecular weight is 212 g/mol. The first kappa shape index (κ1) is 11.2. The SMILES string of the molecule is O=[C]OCCCCc1ccc([N+](=O)[O-])o1. The van der Waals surface area contributed by atoms with E-state index in [1.54, 1.807) is 6.07 Å². The molecule has 0 aliphatic carbocycles. The Labute approximate surface area is 86.0 Å². The van der Waals surface area contributed by atoms with Gasteiger partial charge in [-0.2, -0.15) is 0 Å². The zero-order valence-corrected chi connectivity index (χ0v) is 7.97. The predicted molar refractivity (Wildman–Crippen MR) is 49.9 cm³/mol. The van der Waals surface area contributed by atoms with Gasteiger partial charge in [-0.15, -0.1) is 0 Å². The summed E-state index contributed by atoms with van der Waals surface area (Å²) in [7, 11) is 0. The van der Waals surface area contributed by atoms with Crippen LogP contribution in [0, 0.1) is 10.1 Å². The number of carbonyl (C=O) groups excluding carboxylic acids is 1. The first-order chi connectivity index (χ1) is 7.24. The van der Waals surface area contributed by atoms with E-state index in [-0.39, 0.29) is 5.88 Å². The third-order valence-corrected chi connectivity index (χ3v) is 1.81. The molecule has 15 heavy (non-hydrogen) atoms. The molecule has 6 heteroatoms. The Morgan fingerprint density at radius 3 is 2.87 bits per heavy atom. The second-order valence-corrected chi connectivity index (χ2v) is 2.89. The van der Waals surface area contributed by atoms with Gasteiger partial charge in [-0.1, -0.05) is 0 Å². The summed E-state index contributed by atoms with van der Waals surface area (Å²) < 4.78 is 9.30. The number of nitro groups is 1. The van der Waals surface area contributed by atoms with Crippen molar-refractivity contribution in [3.8, 4) is 0 Å². The molecule has 0 saturated heterocycles. The molecule has 0 aliphatic rings. The van der Waals surface area contributed by atoms with E-state index < -0.39 is 4.92 Å². The molecule has 1 radical (unpaired) electrons. The van der Waals surface area contributed by atoms with Gasteiger partial charge in [0.05, 0.1) is 12.7 Å². The maximum absolute atomic E-state index is 10.3. The van der Waals surface area contributed by atoms with Crippen molar-refractivity contribution in [3.63, 3.8) is 0 Å². The molecule has 0 fully saturated rings. The van der Waals surface area contributed by atoms with Crippen molar-refractivity contribution >= 4 is 12.4 Å². The molecule has 1 rings (SSSR count). The fourth-order valence-corrected chi connectivity index (χ4v) is 1.11. The number of hydrogen-bond donors (Lipinski definition) is 0. The molecule has 1 heterocycles. The molecule has 0 N–H and O–H groups in total. The van der Waals surface area contributed by atoms with Gasteiger partial charge < -0.3 is 9.15 Å². The maximum atomic E-state index is 10.3. The molecule has 1 aromatic heterocycles. The molecule has 6 nitrogen and oxygen atoms in total. The van der Waals surface area contributed by atoms with E-state index in [1.165, 1.54) is 12.5 Å². The number of unbranched alkanes of at least 4 members (excludes halogenated alkanes) is 1. The smallest absolute Gasteiger partial charge is 0.433 e. The molecule has 1 aromatic rings. The first-order valence-electron chi connectivity index (χ1n) is 4.46. The highest BCUT2D eigenvalue weighted by Gasteiger charge is 2.10. The van der Waals surface area contributed by atoms with Crippen LogP contribution in [0.2, 0.25) is 0 Å². The Kier molecular flexibility index (Phi) is 4.33. The zero-order valence-electron chi connectivity index (χ0n) is 7.97. The lowest BCUT2D eigenvalue weighted by atomic mass is 10.2. The Morgan fingerprint density at radius 2 is 2.27 bits per heavy atom. The molecule has 0 unspecified atom stereocenters. The Balaban J connectivity index is 2.25. The van der Waals surface area contributed by atoms with Gasteiger partial charge in [-0.3, -0.25) is 10.1 Å². The first-order valence-corrected chi connectivity index (χ1v) is 4.46. The lowest BCUT2D eigenvalue weighted by molar-refractivity contribution is -0.402. The third-order valence-electron chi connectivity index (χ3n) is 1.81. The van der Waals surface area contributed by atoms with Crippen LogP contribution in [0.25, 0.3) is 0 Å². The van der Waals surface area contributed by atoms with Crippen LogP contribution in [0.5, 0.6) is 0 Å². The highest BCUT2D eigenvalue weighted by molar-refractivity contribution is 5.37. The second kappa shape index (κ2) is 5.79. The second-order valence-electron chi connectivity index (χ2n) is 2.89. The largest absolute Gasteiger partial charge is 0.457 e. The van der Waals surface area contributed by atoms with Gasteiger partial charge in [0.1, 0.15) is 10.7 Å². The molecule has 0 aliphatic heterocycles. The van der Waals surface area contributed by atoms with Crippen LogP contribution in [0.4, 0.5) is 5.88 Å². The molecular weight excluding hydrogens is 202 g/mol. The van der Waals surface area contributed by atoms with E-state index in [4.69, 9.17) is 4.42 Å². The number of nitrogens with zero attached hydrogens (tertiary/aromatic N) is 1. The summed E-state index contributed by atoms with van der Waals surface area (Å²) in [4.78, 5) is 19.4. The van der Waals surface area contributed by atoms with Gasteiger partial charge >= 0.3 is 12.4 Å². The van der Waals surface area contributed by atoms with E-state index in [1.807, 2.05) is 0 Å². The van der Waals surface area contributed by atoms with Crippen molar-refractivity contribution in [2.75, 3.05) is 6.61 Å². The molecule has 81 valence electrons. The van der Waals surface area contributed by atoms with Crippen molar-refractivity contribution in [3.05, 3.63) is 28.0 Å². The molecule has 0 amide bonds. The van der Waals surface area contributed by atoms with E-state index >= 15 is 0 Å². The third kappa shape index (κ3) is 3.80. The van der Waals surface area contributed by atoms with E-state index in [2.05, 4.69) is 4.74 Å². The van der Waals surface area contributed by atoms with Crippen LogP contribution in [-0.4, -0.2) is 18.0 Å². The normalized spacial score (nSPS) is 9.87. The standard InChI is InChI=1S/C9H10NO5/c11-7-14-6-2-1-3-8-4-5-9(15-8)10(12)13/h4-5H,1-3,6H2. The summed E-state index contributed by atoms with van der Waals surface area (Å²) in [6.45, 7) is 1.63. The van der Waals surface area contributed by atoms with Crippen LogP contribution in [0.15, 0.2) is 16.5 Å². The summed E-state index contributed by atoms with van der Waals surface area (Å²) in [6.07, 6.45) is 2.02. The summed E-state index contributed by atoms with van der Waals surface area (Å²) in [6, 6.07) is 2.90. The van der Waals surface area contributed by atoms with E-state index in [9.17, 15) is 14.9 Å². The summed E-state index contributed by atoms with van der Waals surface area (Å²) in [5.41, 5.74) is 0. The highest BCUT2D eigenvalue weighted by atomic mass is 16.6. The predicted octanol–water partition coefficient (Wildman–Crippen LogP) is 1.59. The molecule has 0 atom stereocenters. The minimum absolute atomic E-state index is 0.248. The van der Waals surface area contributed by atoms with Crippen LogP contribution >= 0.6 is 0 Å². The van der Waals surface area contributed by atoms with Gasteiger partial charge in [0.15, 0.2) is 0 Å². The monoisotopic (exact) mass is 212 g/mol. The van der Waals surface area contributed by atoms with Crippen molar-refractivity contribution in [2.24, 2.45) is 0 Å². The molecule has 0 bridgehead atoms. The average Bonchev–Trinajstić information content (AvgIpc) is 2.66. The fraction of sp³-hybridized carbons (Fsp3) is 0.444. The maximum Gasteiger partial charge on any atom is 0.433 e. The highest BCUT2D eigenvalue weighted by Crippen LogP contribution is 2.17. The van der Waals surface area contributed by atoms with Gasteiger partial charge in [0.25, 0.3) is 0 Å². The lowest BCUT2D eigenvalue weighted by Crippen LogP contribution is -1.92. The van der Waals surface area contributed by atoms with Crippen LogP contribution < -0.4 is 0 Å². The zero-order chi connectivity index (χ0) is 11.1. The number of furan rings is 1. The number of rotatable bonds is 7. The van der Waals surface area contributed by atoms with E-state index in [0.29, 0.717) is 25.2 Å². The van der Waals surface area contributed by atoms with Crippen LogP contribution in [0.1, 0.15) is 18.6 Å². The Morgan fingerprint density at radius 1 is 1.47 bits per heavy atom. The molecule has 0 spiro atoms. The van der Waals surface area contributed by atoms with Gasteiger partial charge in [0, 0.05) is 6.42 Å². The lowest BCUT2D eigenvalue weighted by Gasteiger charge is -1.96. The molecular formula is C9H10NO5. The quantitative estimate of drug-likeness (QED) is 0.389. The molecule has 0 aromatic carbocycles. The van der Waals surface area contributed by atoms with Gasteiger partial charge in [-0.05, 0) is 18.9 Å². The fourth-order valence-electron chi connectivity index (χ4n) is 1.11. The Hall–Kier alpha value is -1.85. The molecule has 0 saturated carbocycles. The minimum Gasteiger partial charge on any atom is -0.457 e. The summed E-state index contributed by atoms with van der Waals surface area (Å²) in [5, 5.41) is 10.3. The van der Waals surface area contributed by atoms with Gasteiger partial charge in [-0.25, -0.2) is 4.79 Å². The minimum atomic E-state index is -0.575. The van der Waals surface area contributed by atoms with Crippen LogP contribution in [-0.2, 0) is 16.0 Å². The number of ether oxygens (including phenoxy) is 1. The topological polar surface area (TPSA) is 82.6 Å². The van der Waals surface area contributed by atoms with Crippen molar-refractivity contribution in [2.45, 2.75) is 19.3 Å². The summed E-state index contributed by atoms with van der Waals surface area (Å²) in [5.74, 6) is 0.319. The van der Waals surface area contributed by atoms with Crippen molar-refractivity contribution in [1.29, 1.82) is 0 Å². The van der Waals surface area contributed by atoms with E-state index in [0.717, 1.165) is 6.42 Å². The Bertz CT molecular complexity index is 333. The number of aryl methyl sites for hydroxylation is 1. The number of hydrogen-bond acceptors (Lipinski definition) is 5. The van der Waals surface area contributed by atoms with Gasteiger partial charge in [0.2, 0.25) is 0 Å². The summed E-state index contributed by atoms with van der Waals surface area (Å²) >= 11 is 0. The van der Waals surface area contributed by atoms with Crippen LogP contribution in [0.3, 0.4) is 0 Å².